The Bertz CT molecular complexity index is 949. The standard InChI is InChI=1S/C18H18N4O2S/c1-12-7-8-22-16(9-12)19-15(11-17(23)24-2)18(22)21-20-13-5-4-6-14(10-13)25-3/h4-10H,11H2,1-3H3. The number of carbonyl (C=O) groups is 1. The minimum atomic E-state index is -0.360. The zero-order valence-electron chi connectivity index (χ0n) is 14.3. The summed E-state index contributed by atoms with van der Waals surface area (Å²) < 4.78 is 6.59. The number of hydrogen-bond acceptors (Lipinski definition) is 6. The molecule has 1 aromatic carbocycles. The molecule has 0 bridgehead atoms. The highest BCUT2D eigenvalue weighted by Gasteiger charge is 2.16. The van der Waals surface area contributed by atoms with Crippen LogP contribution in [0.1, 0.15) is 11.3 Å². The Labute approximate surface area is 149 Å². The highest BCUT2D eigenvalue weighted by Crippen LogP contribution is 2.27. The monoisotopic (exact) mass is 354 g/mol. The molecular weight excluding hydrogens is 336 g/mol. The molecule has 0 fully saturated rings. The number of azo groups is 1. The minimum absolute atomic E-state index is 0.0520. The Morgan fingerprint density at radius 3 is 2.88 bits per heavy atom. The molecule has 0 amide bonds. The zero-order valence-corrected chi connectivity index (χ0v) is 15.1. The lowest BCUT2D eigenvalue weighted by atomic mass is 10.3. The lowest BCUT2D eigenvalue weighted by Gasteiger charge is -2.00. The van der Waals surface area contributed by atoms with Crippen LogP contribution in [0.15, 0.2) is 57.7 Å². The molecule has 0 radical (unpaired) electrons. The maximum absolute atomic E-state index is 11.7. The van der Waals surface area contributed by atoms with Crippen molar-refractivity contribution in [2.45, 2.75) is 18.2 Å². The van der Waals surface area contributed by atoms with Gasteiger partial charge in [-0.3, -0.25) is 9.20 Å². The third-order valence-electron chi connectivity index (χ3n) is 3.68. The molecule has 0 saturated carbocycles. The van der Waals surface area contributed by atoms with E-state index >= 15 is 0 Å². The summed E-state index contributed by atoms with van der Waals surface area (Å²) in [5, 5.41) is 8.69. The lowest BCUT2D eigenvalue weighted by molar-refractivity contribution is -0.139. The number of thioether (sulfide) groups is 1. The van der Waals surface area contributed by atoms with E-state index in [-0.39, 0.29) is 12.4 Å². The van der Waals surface area contributed by atoms with Crippen molar-refractivity contribution in [1.82, 2.24) is 9.38 Å². The van der Waals surface area contributed by atoms with Crippen LogP contribution in [0.3, 0.4) is 0 Å². The number of fused-ring (bicyclic) bond motifs is 1. The number of hydrogen-bond donors (Lipinski definition) is 0. The van der Waals surface area contributed by atoms with Gasteiger partial charge >= 0.3 is 5.97 Å². The first-order valence-electron chi connectivity index (χ1n) is 7.71. The van der Waals surface area contributed by atoms with Gasteiger partial charge in [-0.25, -0.2) is 4.98 Å². The summed E-state index contributed by atoms with van der Waals surface area (Å²) in [6.45, 7) is 1.99. The minimum Gasteiger partial charge on any atom is -0.469 e. The summed E-state index contributed by atoms with van der Waals surface area (Å²) in [4.78, 5) is 17.3. The van der Waals surface area contributed by atoms with Crippen LogP contribution in [0.4, 0.5) is 11.5 Å². The first-order valence-corrected chi connectivity index (χ1v) is 8.93. The quantitative estimate of drug-likeness (QED) is 0.384. The largest absolute Gasteiger partial charge is 0.469 e. The topological polar surface area (TPSA) is 68.3 Å². The third kappa shape index (κ3) is 3.88. The molecule has 2 aromatic heterocycles. The fourth-order valence-corrected chi connectivity index (χ4v) is 2.85. The van der Waals surface area contributed by atoms with Crippen LogP contribution < -0.4 is 0 Å². The first-order chi connectivity index (χ1) is 12.1. The summed E-state index contributed by atoms with van der Waals surface area (Å²) in [6.07, 6.45) is 3.94. The second-order valence-electron chi connectivity index (χ2n) is 5.47. The number of pyridine rings is 1. The van der Waals surface area contributed by atoms with Crippen LogP contribution in [-0.4, -0.2) is 28.7 Å². The summed E-state index contributed by atoms with van der Waals surface area (Å²) in [5.74, 6) is 0.177. The van der Waals surface area contributed by atoms with E-state index in [9.17, 15) is 4.79 Å². The van der Waals surface area contributed by atoms with Crippen molar-refractivity contribution in [2.75, 3.05) is 13.4 Å². The Kier molecular flexibility index (Phi) is 5.14. The molecule has 3 aromatic rings. The third-order valence-corrected chi connectivity index (χ3v) is 4.40. The predicted octanol–water partition coefficient (Wildman–Crippen LogP) is 4.50. The molecule has 0 saturated heterocycles. The Hall–Kier alpha value is -2.67. The van der Waals surface area contributed by atoms with Gasteiger partial charge in [-0.05, 0) is 49.1 Å². The van der Waals surface area contributed by atoms with E-state index in [4.69, 9.17) is 4.74 Å². The Morgan fingerprint density at radius 1 is 1.28 bits per heavy atom. The molecule has 6 nitrogen and oxygen atoms in total. The molecule has 0 aliphatic heterocycles. The predicted molar refractivity (Wildman–Crippen MR) is 98.0 cm³/mol. The number of nitrogens with zero attached hydrogens (tertiary/aromatic N) is 4. The molecule has 2 heterocycles. The SMILES string of the molecule is COC(=O)Cc1nc2cc(C)ccn2c1N=Nc1cccc(SC)c1. The molecule has 0 unspecified atom stereocenters. The van der Waals surface area contributed by atoms with Gasteiger partial charge in [-0.15, -0.1) is 22.0 Å². The van der Waals surface area contributed by atoms with Gasteiger partial charge in [0.2, 0.25) is 0 Å². The zero-order chi connectivity index (χ0) is 17.8. The molecule has 7 heteroatoms. The van der Waals surface area contributed by atoms with E-state index in [1.165, 1.54) is 7.11 Å². The van der Waals surface area contributed by atoms with E-state index in [0.717, 1.165) is 21.8 Å². The summed E-state index contributed by atoms with van der Waals surface area (Å²) in [5.41, 5.74) is 3.10. The van der Waals surface area contributed by atoms with Gasteiger partial charge in [0.15, 0.2) is 5.82 Å². The molecule has 0 aliphatic rings. The Balaban J connectivity index is 2.04. The van der Waals surface area contributed by atoms with E-state index in [1.54, 1.807) is 11.8 Å². The van der Waals surface area contributed by atoms with Crippen molar-refractivity contribution in [1.29, 1.82) is 0 Å². The van der Waals surface area contributed by atoms with E-state index < -0.39 is 0 Å². The second kappa shape index (κ2) is 7.48. The number of methoxy groups -OCH3 is 1. The normalized spacial score (nSPS) is 11.3. The van der Waals surface area contributed by atoms with Crippen LogP contribution in [0, 0.1) is 6.92 Å². The number of ether oxygens (including phenoxy) is 1. The molecule has 0 atom stereocenters. The van der Waals surface area contributed by atoms with Crippen molar-refractivity contribution >= 4 is 34.9 Å². The summed E-state index contributed by atoms with van der Waals surface area (Å²) in [7, 11) is 1.36. The van der Waals surface area contributed by atoms with Gasteiger partial charge in [-0.2, -0.15) is 0 Å². The molecule has 0 aliphatic carbocycles. The number of aryl methyl sites for hydroxylation is 1. The highest BCUT2D eigenvalue weighted by molar-refractivity contribution is 7.98. The maximum Gasteiger partial charge on any atom is 0.311 e. The van der Waals surface area contributed by atoms with Gasteiger partial charge in [0.05, 0.1) is 24.9 Å². The van der Waals surface area contributed by atoms with Crippen LogP contribution in [0.25, 0.3) is 5.65 Å². The molecule has 0 N–H and O–H groups in total. The van der Waals surface area contributed by atoms with Crippen molar-refractivity contribution in [3.8, 4) is 0 Å². The smallest absolute Gasteiger partial charge is 0.311 e. The van der Waals surface area contributed by atoms with E-state index in [2.05, 4.69) is 15.2 Å². The van der Waals surface area contributed by atoms with Crippen molar-refractivity contribution < 1.29 is 9.53 Å². The number of benzene rings is 1. The van der Waals surface area contributed by atoms with Gasteiger partial charge < -0.3 is 4.74 Å². The highest BCUT2D eigenvalue weighted by atomic mass is 32.2. The average molecular weight is 354 g/mol. The second-order valence-corrected chi connectivity index (χ2v) is 6.35. The summed E-state index contributed by atoms with van der Waals surface area (Å²) >= 11 is 1.64. The van der Waals surface area contributed by atoms with Gasteiger partial charge in [0, 0.05) is 11.1 Å². The number of aromatic nitrogens is 2. The molecule has 3 rings (SSSR count). The van der Waals surface area contributed by atoms with Crippen LogP contribution in [0.2, 0.25) is 0 Å². The van der Waals surface area contributed by atoms with Gasteiger partial charge in [0.1, 0.15) is 5.65 Å². The Morgan fingerprint density at radius 2 is 2.12 bits per heavy atom. The van der Waals surface area contributed by atoms with E-state index in [0.29, 0.717) is 11.5 Å². The van der Waals surface area contributed by atoms with Crippen molar-refractivity contribution in [2.24, 2.45) is 10.2 Å². The molecule has 0 spiro atoms. The van der Waals surface area contributed by atoms with E-state index in [1.807, 2.05) is 60.2 Å². The number of rotatable bonds is 5. The lowest BCUT2D eigenvalue weighted by Crippen LogP contribution is -2.04. The fraction of sp³-hybridized carbons (Fsp3) is 0.222. The fourth-order valence-electron chi connectivity index (χ4n) is 2.39. The van der Waals surface area contributed by atoms with Gasteiger partial charge in [-0.1, -0.05) is 6.07 Å². The molecule has 25 heavy (non-hydrogen) atoms. The van der Waals surface area contributed by atoms with Crippen LogP contribution in [-0.2, 0) is 16.0 Å². The molecule has 128 valence electrons. The first kappa shape index (κ1) is 17.2. The maximum atomic E-state index is 11.7. The van der Waals surface area contributed by atoms with Crippen LogP contribution in [0.5, 0.6) is 0 Å². The average Bonchev–Trinajstić information content (AvgIpc) is 2.95. The summed E-state index contributed by atoms with van der Waals surface area (Å²) in [6, 6.07) is 11.7. The van der Waals surface area contributed by atoms with Gasteiger partial charge in [0.25, 0.3) is 0 Å². The number of carbonyl (C=O) groups excluding carboxylic acids is 1. The van der Waals surface area contributed by atoms with Crippen LogP contribution >= 0.6 is 11.8 Å². The number of esters is 1. The van der Waals surface area contributed by atoms with Crippen molar-refractivity contribution in [3.05, 3.63) is 53.9 Å². The molecular formula is C18H18N4O2S. The van der Waals surface area contributed by atoms with Crippen molar-refractivity contribution in [3.63, 3.8) is 0 Å². The number of imidazole rings is 1.